The maximum absolute atomic E-state index is 10.6. The fraction of sp³-hybridized carbons (Fsp3) is 0. The van der Waals surface area contributed by atoms with Crippen LogP contribution in [0.15, 0.2) is 152 Å². The molecular formula is C45H25N5. The smallest absolute Gasteiger partial charge is 0.101 e. The van der Waals surface area contributed by atoms with Gasteiger partial charge in [0.1, 0.15) is 12.1 Å². The van der Waals surface area contributed by atoms with Crippen LogP contribution in [0.5, 0.6) is 0 Å². The average molecular weight is 636 g/mol. The Hall–Kier alpha value is -7.39. The first-order valence-electron chi connectivity index (χ1n) is 16.3. The van der Waals surface area contributed by atoms with E-state index in [1.807, 2.05) is 54.6 Å². The molecule has 9 aromatic rings. The van der Waals surface area contributed by atoms with Crippen molar-refractivity contribution in [1.29, 1.82) is 15.8 Å². The molecule has 9 rings (SSSR count). The van der Waals surface area contributed by atoms with Crippen LogP contribution in [0, 0.1) is 34.0 Å². The molecule has 0 bridgehead atoms. The maximum Gasteiger partial charge on any atom is 0.101 e. The second-order valence-corrected chi connectivity index (χ2v) is 12.3. The topological polar surface area (TPSA) is 81.2 Å². The van der Waals surface area contributed by atoms with E-state index < -0.39 is 0 Å². The molecule has 0 unspecified atom stereocenters. The molecule has 0 saturated heterocycles. The van der Waals surface area contributed by atoms with Gasteiger partial charge in [-0.3, -0.25) is 0 Å². The molecule has 0 aliphatic carbocycles. The van der Waals surface area contributed by atoms with Gasteiger partial charge in [-0.15, -0.1) is 0 Å². The third kappa shape index (κ3) is 4.31. The number of aromatic nitrogens is 2. The van der Waals surface area contributed by atoms with Crippen molar-refractivity contribution in [1.82, 2.24) is 9.13 Å². The van der Waals surface area contributed by atoms with E-state index in [2.05, 4.69) is 118 Å². The van der Waals surface area contributed by atoms with Crippen LogP contribution in [0.1, 0.15) is 16.7 Å². The van der Waals surface area contributed by atoms with Gasteiger partial charge < -0.3 is 9.13 Å². The van der Waals surface area contributed by atoms with Gasteiger partial charge in [0.15, 0.2) is 0 Å². The molecule has 7 aromatic carbocycles. The van der Waals surface area contributed by atoms with Gasteiger partial charge in [0, 0.05) is 32.8 Å². The zero-order chi connectivity index (χ0) is 33.8. The largest absolute Gasteiger partial charge is 0.309 e. The predicted octanol–water partition coefficient (Wildman–Crippen LogP) is 10.8. The number of nitrogens with zero attached hydrogens (tertiary/aromatic N) is 5. The molecule has 0 saturated carbocycles. The highest BCUT2D eigenvalue weighted by atomic mass is 15.0. The number of fused-ring (bicyclic) bond motifs is 6. The highest BCUT2D eigenvalue weighted by Crippen LogP contribution is 2.40. The van der Waals surface area contributed by atoms with Gasteiger partial charge in [0.05, 0.1) is 50.5 Å². The molecular weight excluding hydrogens is 611 g/mol. The molecule has 0 spiro atoms. The Kier molecular flexibility index (Phi) is 6.56. The summed E-state index contributed by atoms with van der Waals surface area (Å²) in [6.45, 7) is 0. The van der Waals surface area contributed by atoms with Gasteiger partial charge in [-0.05, 0) is 83.4 Å². The summed E-state index contributed by atoms with van der Waals surface area (Å²) < 4.78 is 4.44. The Labute approximate surface area is 287 Å². The summed E-state index contributed by atoms with van der Waals surface area (Å²) in [5.74, 6) is 0. The number of nitriles is 3. The molecule has 230 valence electrons. The summed E-state index contributed by atoms with van der Waals surface area (Å²) in [7, 11) is 0. The quantitative estimate of drug-likeness (QED) is 0.193. The van der Waals surface area contributed by atoms with Crippen LogP contribution in [0.3, 0.4) is 0 Å². The number of hydrogen-bond donors (Lipinski definition) is 0. The van der Waals surface area contributed by atoms with Gasteiger partial charge in [-0.25, -0.2) is 0 Å². The highest BCUT2D eigenvalue weighted by Gasteiger charge is 2.21. The molecule has 5 nitrogen and oxygen atoms in total. The summed E-state index contributed by atoms with van der Waals surface area (Å²) in [6, 6.07) is 58.0. The summed E-state index contributed by atoms with van der Waals surface area (Å²) in [5, 5.41) is 34.7. The van der Waals surface area contributed by atoms with Crippen molar-refractivity contribution in [2.45, 2.75) is 0 Å². The van der Waals surface area contributed by atoms with Crippen molar-refractivity contribution in [3.63, 3.8) is 0 Å². The SMILES string of the molecule is N#Cc1ccc2c(c1)c1ccccc1n2-c1ccc(C#N)c(C#N)c1-c1cccc(-c2cccc(-n3c4ccccc4c4ccccc43)c2)c1. The minimum absolute atomic E-state index is 0.317. The van der Waals surface area contributed by atoms with Crippen molar-refractivity contribution in [3.8, 4) is 51.8 Å². The summed E-state index contributed by atoms with van der Waals surface area (Å²) >= 11 is 0. The third-order valence-electron chi connectivity index (χ3n) is 9.63. The zero-order valence-corrected chi connectivity index (χ0v) is 26.7. The second kappa shape index (κ2) is 11.4. The first kappa shape index (κ1) is 28.8. The molecule has 2 aromatic heterocycles. The molecule has 50 heavy (non-hydrogen) atoms. The molecule has 0 radical (unpaired) electrons. The lowest BCUT2D eigenvalue weighted by Gasteiger charge is -2.17. The fourth-order valence-corrected chi connectivity index (χ4v) is 7.46. The van der Waals surface area contributed by atoms with Crippen LogP contribution in [0.25, 0.3) is 77.2 Å². The standard InChI is InChI=1S/C45H25N5/c46-26-29-19-21-43-38(23-29)37-15-3-6-18-42(37)50(43)44-22-20-33(27-47)39(28-48)45(44)32-11-7-9-30(24-32)31-10-8-12-34(25-31)49-40-16-4-1-13-35(40)36-14-2-5-17-41(36)49/h1-25H. The molecule has 0 aliphatic rings. The van der Waals surface area contributed by atoms with Gasteiger partial charge in [-0.1, -0.05) is 84.9 Å². The molecule has 0 amide bonds. The summed E-state index contributed by atoms with van der Waals surface area (Å²) in [4.78, 5) is 0. The van der Waals surface area contributed by atoms with Gasteiger partial charge in [0.25, 0.3) is 0 Å². The lowest BCUT2D eigenvalue weighted by Crippen LogP contribution is -2.01. The maximum atomic E-state index is 10.6. The number of hydrogen-bond acceptors (Lipinski definition) is 3. The number of rotatable bonds is 4. The van der Waals surface area contributed by atoms with E-state index in [0.717, 1.165) is 60.9 Å². The first-order chi connectivity index (χ1) is 24.7. The lowest BCUT2D eigenvalue weighted by atomic mass is 9.92. The van der Waals surface area contributed by atoms with E-state index in [9.17, 15) is 15.8 Å². The average Bonchev–Trinajstić information content (AvgIpc) is 3.70. The lowest BCUT2D eigenvalue weighted by molar-refractivity contribution is 1.17. The van der Waals surface area contributed by atoms with Crippen molar-refractivity contribution in [3.05, 3.63) is 168 Å². The Morgan fingerprint density at radius 1 is 0.400 bits per heavy atom. The summed E-state index contributed by atoms with van der Waals surface area (Å²) in [5.41, 5.74) is 10.7. The number of benzene rings is 7. The molecule has 2 heterocycles. The van der Waals surface area contributed by atoms with Crippen molar-refractivity contribution in [2.24, 2.45) is 0 Å². The monoisotopic (exact) mass is 635 g/mol. The van der Waals surface area contributed by atoms with Gasteiger partial charge >= 0.3 is 0 Å². The molecule has 5 heteroatoms. The zero-order valence-electron chi connectivity index (χ0n) is 26.7. The molecule has 0 atom stereocenters. The van der Waals surface area contributed by atoms with Crippen LogP contribution in [-0.2, 0) is 0 Å². The van der Waals surface area contributed by atoms with E-state index in [0.29, 0.717) is 22.3 Å². The summed E-state index contributed by atoms with van der Waals surface area (Å²) in [6.07, 6.45) is 0. The minimum Gasteiger partial charge on any atom is -0.309 e. The van der Waals surface area contributed by atoms with Crippen LogP contribution >= 0.6 is 0 Å². The van der Waals surface area contributed by atoms with Crippen LogP contribution in [-0.4, -0.2) is 9.13 Å². The fourth-order valence-electron chi connectivity index (χ4n) is 7.46. The molecule has 0 fully saturated rings. The van der Waals surface area contributed by atoms with Crippen molar-refractivity contribution >= 4 is 43.6 Å². The van der Waals surface area contributed by atoms with Crippen molar-refractivity contribution < 1.29 is 0 Å². The second-order valence-electron chi connectivity index (χ2n) is 12.3. The van der Waals surface area contributed by atoms with E-state index in [1.165, 1.54) is 10.8 Å². The van der Waals surface area contributed by atoms with Crippen LogP contribution < -0.4 is 0 Å². The third-order valence-corrected chi connectivity index (χ3v) is 9.63. The Balaban J connectivity index is 1.26. The van der Waals surface area contributed by atoms with Crippen molar-refractivity contribution in [2.75, 3.05) is 0 Å². The Bertz CT molecular complexity index is 2920. The minimum atomic E-state index is 0.317. The van der Waals surface area contributed by atoms with Gasteiger partial charge in [-0.2, -0.15) is 15.8 Å². The molecule has 0 aliphatic heterocycles. The Morgan fingerprint density at radius 3 is 1.64 bits per heavy atom. The Morgan fingerprint density at radius 2 is 0.980 bits per heavy atom. The van der Waals surface area contributed by atoms with Crippen LogP contribution in [0.2, 0.25) is 0 Å². The number of para-hydroxylation sites is 3. The van der Waals surface area contributed by atoms with E-state index >= 15 is 0 Å². The van der Waals surface area contributed by atoms with Gasteiger partial charge in [0.2, 0.25) is 0 Å². The first-order valence-corrected chi connectivity index (χ1v) is 16.3. The highest BCUT2D eigenvalue weighted by molar-refractivity contribution is 6.11. The molecule has 0 N–H and O–H groups in total. The van der Waals surface area contributed by atoms with E-state index in [1.54, 1.807) is 6.07 Å². The van der Waals surface area contributed by atoms with E-state index in [4.69, 9.17) is 0 Å². The predicted molar refractivity (Wildman–Crippen MR) is 200 cm³/mol. The van der Waals surface area contributed by atoms with E-state index in [-0.39, 0.29) is 0 Å². The van der Waals surface area contributed by atoms with Crippen LogP contribution in [0.4, 0.5) is 0 Å². The normalized spacial score (nSPS) is 11.1.